The van der Waals surface area contributed by atoms with Gasteiger partial charge < -0.3 is 15.5 Å². The Kier molecular flexibility index (Phi) is 2.73. The van der Waals surface area contributed by atoms with E-state index in [1.165, 1.54) is 11.6 Å². The minimum Gasteiger partial charge on any atom is -0.507 e. The minimum absolute atomic E-state index is 0.126. The summed E-state index contributed by atoms with van der Waals surface area (Å²) < 4.78 is 0. The quantitative estimate of drug-likeness (QED) is 0.460. The summed E-state index contributed by atoms with van der Waals surface area (Å²) in [5.41, 5.74) is 4.49. The van der Waals surface area contributed by atoms with Crippen LogP contribution >= 0.6 is 0 Å². The van der Waals surface area contributed by atoms with Crippen molar-refractivity contribution in [3.63, 3.8) is 0 Å². The maximum Gasteiger partial charge on any atom is 0.124 e. The maximum absolute atomic E-state index is 10.0. The van der Waals surface area contributed by atoms with Crippen LogP contribution in [-0.2, 0) is 0 Å². The standard InChI is InChI=1S/C19H14N2O/c20-11-16-12(6-4-10-18(16)22)14-7-3-8-15-13-5-1-2-9-17(13)21-19(14)15/h1-11,20-22H. The Morgan fingerprint density at radius 2 is 1.55 bits per heavy atom. The van der Waals surface area contributed by atoms with Gasteiger partial charge in [0.15, 0.2) is 0 Å². The number of hydrogen-bond donors (Lipinski definition) is 3. The molecule has 3 aromatic carbocycles. The number of benzene rings is 3. The summed E-state index contributed by atoms with van der Waals surface area (Å²) >= 11 is 0. The molecular formula is C19H14N2O. The number of rotatable bonds is 2. The molecule has 0 aliphatic rings. The Morgan fingerprint density at radius 1 is 0.818 bits per heavy atom. The van der Waals surface area contributed by atoms with Crippen LogP contribution in [0.15, 0.2) is 60.7 Å². The van der Waals surface area contributed by atoms with Crippen molar-refractivity contribution in [3.05, 3.63) is 66.2 Å². The largest absolute Gasteiger partial charge is 0.507 e. The highest BCUT2D eigenvalue weighted by Crippen LogP contribution is 2.36. The van der Waals surface area contributed by atoms with Gasteiger partial charge in [-0.05, 0) is 17.7 Å². The first-order valence-corrected chi connectivity index (χ1v) is 7.12. The second-order valence-corrected chi connectivity index (χ2v) is 5.28. The third-order valence-corrected chi connectivity index (χ3v) is 4.06. The van der Waals surface area contributed by atoms with Crippen molar-refractivity contribution in [1.29, 1.82) is 5.41 Å². The van der Waals surface area contributed by atoms with Crippen LogP contribution in [0.1, 0.15) is 5.56 Å². The summed E-state index contributed by atoms with van der Waals surface area (Å²) in [7, 11) is 0. The smallest absolute Gasteiger partial charge is 0.124 e. The molecule has 4 rings (SSSR count). The molecule has 22 heavy (non-hydrogen) atoms. The Morgan fingerprint density at radius 3 is 2.41 bits per heavy atom. The van der Waals surface area contributed by atoms with Crippen molar-refractivity contribution in [2.24, 2.45) is 0 Å². The van der Waals surface area contributed by atoms with E-state index in [9.17, 15) is 5.11 Å². The average Bonchev–Trinajstić information content (AvgIpc) is 2.93. The van der Waals surface area contributed by atoms with Gasteiger partial charge in [0.05, 0.1) is 5.52 Å². The molecule has 106 valence electrons. The van der Waals surface area contributed by atoms with Crippen LogP contribution in [0.2, 0.25) is 0 Å². The van der Waals surface area contributed by atoms with E-state index in [2.05, 4.69) is 23.2 Å². The maximum atomic E-state index is 10.0. The van der Waals surface area contributed by atoms with Gasteiger partial charge >= 0.3 is 0 Å². The van der Waals surface area contributed by atoms with Gasteiger partial charge in [0.2, 0.25) is 0 Å². The topological polar surface area (TPSA) is 59.9 Å². The molecule has 0 unspecified atom stereocenters. The van der Waals surface area contributed by atoms with Gasteiger partial charge in [-0.2, -0.15) is 0 Å². The Balaban J connectivity index is 2.12. The molecule has 0 saturated heterocycles. The Hall–Kier alpha value is -3.07. The van der Waals surface area contributed by atoms with E-state index in [1.54, 1.807) is 12.1 Å². The van der Waals surface area contributed by atoms with Crippen molar-refractivity contribution >= 4 is 28.0 Å². The monoisotopic (exact) mass is 286 g/mol. The molecule has 0 bridgehead atoms. The number of nitrogens with one attached hydrogen (secondary N) is 2. The summed E-state index contributed by atoms with van der Waals surface area (Å²) in [6, 6.07) is 19.6. The molecular weight excluding hydrogens is 272 g/mol. The molecule has 4 aromatic rings. The van der Waals surface area contributed by atoms with Crippen LogP contribution in [0.3, 0.4) is 0 Å². The van der Waals surface area contributed by atoms with E-state index < -0.39 is 0 Å². The van der Waals surface area contributed by atoms with Crippen LogP contribution in [0.5, 0.6) is 5.75 Å². The van der Waals surface area contributed by atoms with E-state index in [1.807, 2.05) is 30.3 Å². The van der Waals surface area contributed by atoms with E-state index in [4.69, 9.17) is 5.41 Å². The zero-order valence-corrected chi connectivity index (χ0v) is 11.8. The van der Waals surface area contributed by atoms with Gasteiger partial charge in [-0.15, -0.1) is 0 Å². The van der Waals surface area contributed by atoms with Crippen LogP contribution in [-0.4, -0.2) is 16.3 Å². The molecule has 1 heterocycles. The molecule has 3 nitrogen and oxygen atoms in total. The third kappa shape index (κ3) is 1.72. The lowest BCUT2D eigenvalue weighted by molar-refractivity contribution is 0.474. The van der Waals surface area contributed by atoms with Crippen molar-refractivity contribution in [3.8, 4) is 16.9 Å². The summed E-state index contributed by atoms with van der Waals surface area (Å²) in [6.07, 6.45) is 1.20. The first kappa shape index (κ1) is 12.7. The van der Waals surface area contributed by atoms with E-state index in [-0.39, 0.29) is 5.75 Å². The molecule has 0 atom stereocenters. The highest BCUT2D eigenvalue weighted by molar-refractivity contribution is 6.12. The van der Waals surface area contributed by atoms with Crippen molar-refractivity contribution in [1.82, 2.24) is 4.98 Å². The predicted octanol–water partition coefficient (Wildman–Crippen LogP) is 4.69. The van der Waals surface area contributed by atoms with Crippen LogP contribution in [0.4, 0.5) is 0 Å². The number of fused-ring (bicyclic) bond motifs is 3. The number of para-hydroxylation sites is 2. The van der Waals surface area contributed by atoms with Crippen LogP contribution in [0, 0.1) is 5.41 Å². The van der Waals surface area contributed by atoms with Gasteiger partial charge in [-0.25, -0.2) is 0 Å². The fraction of sp³-hybridized carbons (Fsp3) is 0. The molecule has 0 aliphatic carbocycles. The number of H-pyrrole nitrogens is 1. The number of phenolic OH excluding ortho intramolecular Hbond substituents is 1. The number of aromatic hydroxyl groups is 1. The number of hydrogen-bond acceptors (Lipinski definition) is 2. The minimum atomic E-state index is 0.126. The van der Waals surface area contributed by atoms with Crippen molar-refractivity contribution in [2.45, 2.75) is 0 Å². The van der Waals surface area contributed by atoms with Gasteiger partial charge in [-0.3, -0.25) is 0 Å². The van der Waals surface area contributed by atoms with E-state index in [0.717, 1.165) is 27.5 Å². The second-order valence-electron chi connectivity index (χ2n) is 5.28. The molecule has 0 fully saturated rings. The zero-order chi connectivity index (χ0) is 15.1. The first-order chi connectivity index (χ1) is 10.8. The first-order valence-electron chi connectivity index (χ1n) is 7.12. The van der Waals surface area contributed by atoms with E-state index in [0.29, 0.717) is 5.56 Å². The SMILES string of the molecule is N=Cc1c(O)cccc1-c1cccc2c1[nH]c1ccccc12. The van der Waals surface area contributed by atoms with Gasteiger partial charge in [0, 0.05) is 33.6 Å². The highest BCUT2D eigenvalue weighted by Gasteiger charge is 2.13. The summed E-state index contributed by atoms with van der Waals surface area (Å²) in [4.78, 5) is 3.46. The number of aromatic nitrogens is 1. The molecule has 0 amide bonds. The zero-order valence-electron chi connectivity index (χ0n) is 11.8. The summed E-state index contributed by atoms with van der Waals surface area (Å²) in [5.74, 6) is 0.126. The lowest BCUT2D eigenvalue weighted by atomic mass is 9.97. The Bertz CT molecular complexity index is 1010. The normalized spacial score (nSPS) is 11.1. The number of phenols is 1. The molecule has 0 radical (unpaired) electrons. The molecule has 3 N–H and O–H groups in total. The Labute approximate surface area is 127 Å². The van der Waals surface area contributed by atoms with Gasteiger partial charge in [-0.1, -0.05) is 48.5 Å². The third-order valence-electron chi connectivity index (χ3n) is 4.06. The fourth-order valence-corrected chi connectivity index (χ4v) is 3.04. The van der Waals surface area contributed by atoms with Crippen molar-refractivity contribution < 1.29 is 5.11 Å². The summed E-state index contributed by atoms with van der Waals surface area (Å²) in [5, 5.41) is 19.9. The lowest BCUT2D eigenvalue weighted by Crippen LogP contribution is -1.89. The van der Waals surface area contributed by atoms with Gasteiger partial charge in [0.1, 0.15) is 5.75 Å². The van der Waals surface area contributed by atoms with Crippen LogP contribution < -0.4 is 0 Å². The predicted molar refractivity (Wildman–Crippen MR) is 90.8 cm³/mol. The van der Waals surface area contributed by atoms with E-state index >= 15 is 0 Å². The molecule has 0 spiro atoms. The van der Waals surface area contributed by atoms with Crippen molar-refractivity contribution in [2.75, 3.05) is 0 Å². The number of aromatic amines is 1. The fourth-order valence-electron chi connectivity index (χ4n) is 3.04. The molecule has 3 heteroatoms. The molecule has 0 aliphatic heterocycles. The summed E-state index contributed by atoms with van der Waals surface area (Å²) in [6.45, 7) is 0. The lowest BCUT2D eigenvalue weighted by Gasteiger charge is -2.09. The second kappa shape index (κ2) is 4.74. The molecule has 0 saturated carbocycles. The van der Waals surface area contributed by atoms with Crippen LogP contribution in [0.25, 0.3) is 32.9 Å². The highest BCUT2D eigenvalue weighted by atomic mass is 16.3. The van der Waals surface area contributed by atoms with Gasteiger partial charge in [0.25, 0.3) is 0 Å². The molecule has 1 aromatic heterocycles. The average molecular weight is 286 g/mol.